The lowest BCUT2D eigenvalue weighted by molar-refractivity contribution is -0.130. The van der Waals surface area contributed by atoms with Gasteiger partial charge < -0.3 is 4.74 Å². The van der Waals surface area contributed by atoms with Crippen LogP contribution in [-0.2, 0) is 4.79 Å². The number of carbonyl (C=O) groups excluding carboxylic acids is 1. The van der Waals surface area contributed by atoms with Crippen molar-refractivity contribution < 1.29 is 9.53 Å². The van der Waals surface area contributed by atoms with Gasteiger partial charge in [-0.25, -0.2) is 15.0 Å². The molecule has 160 valence electrons. The molecular weight excluding hydrogens is 440 g/mol. The van der Waals surface area contributed by atoms with Crippen LogP contribution in [0.2, 0.25) is 0 Å². The number of hydrazone groups is 1. The zero-order valence-electron chi connectivity index (χ0n) is 17.3. The summed E-state index contributed by atoms with van der Waals surface area (Å²) in [6, 6.07) is 19.6. The predicted molar refractivity (Wildman–Crippen MR) is 128 cm³/mol. The fourth-order valence-electron chi connectivity index (χ4n) is 3.71. The van der Waals surface area contributed by atoms with Gasteiger partial charge in [0.25, 0.3) is 5.91 Å². The first kappa shape index (κ1) is 20.7. The van der Waals surface area contributed by atoms with Crippen molar-refractivity contribution in [1.82, 2.24) is 15.0 Å². The molecule has 0 radical (unpaired) electrons. The summed E-state index contributed by atoms with van der Waals surface area (Å²) in [6.45, 7) is 0. The molecule has 2 aromatic carbocycles. The number of hydrogen-bond acceptors (Lipinski definition) is 7. The van der Waals surface area contributed by atoms with Gasteiger partial charge in [-0.15, -0.1) is 11.3 Å². The Bertz CT molecular complexity index is 1270. The molecule has 0 fully saturated rings. The van der Waals surface area contributed by atoms with Crippen LogP contribution in [0.15, 0.2) is 82.5 Å². The van der Waals surface area contributed by atoms with Crippen LogP contribution in [-0.4, -0.2) is 39.5 Å². The monoisotopic (exact) mass is 460 g/mol. The Morgan fingerprint density at radius 2 is 1.97 bits per heavy atom. The van der Waals surface area contributed by atoms with E-state index in [1.807, 2.05) is 66.0 Å². The van der Waals surface area contributed by atoms with Gasteiger partial charge in [0.15, 0.2) is 0 Å². The van der Waals surface area contributed by atoms with Gasteiger partial charge in [-0.1, -0.05) is 48.2 Å². The summed E-state index contributed by atoms with van der Waals surface area (Å²) in [7, 11) is 1.65. The summed E-state index contributed by atoms with van der Waals surface area (Å²) in [6.07, 6.45) is 2.22. The number of rotatable bonds is 6. The molecule has 0 saturated heterocycles. The van der Waals surface area contributed by atoms with Crippen molar-refractivity contribution in [1.29, 1.82) is 0 Å². The third kappa shape index (κ3) is 4.11. The van der Waals surface area contributed by atoms with Gasteiger partial charge in [0.1, 0.15) is 17.1 Å². The highest BCUT2D eigenvalue weighted by Crippen LogP contribution is 2.35. The normalized spacial score (nSPS) is 15.7. The van der Waals surface area contributed by atoms with Crippen molar-refractivity contribution in [2.75, 3.05) is 12.9 Å². The van der Waals surface area contributed by atoms with E-state index in [1.54, 1.807) is 23.5 Å². The van der Waals surface area contributed by atoms with Crippen LogP contribution in [0.3, 0.4) is 0 Å². The maximum atomic E-state index is 13.3. The quantitative estimate of drug-likeness (QED) is 0.293. The van der Waals surface area contributed by atoms with E-state index >= 15 is 0 Å². The van der Waals surface area contributed by atoms with E-state index in [2.05, 4.69) is 9.97 Å². The lowest BCUT2D eigenvalue weighted by Gasteiger charge is -2.22. The maximum absolute atomic E-state index is 13.3. The third-order valence-corrected chi connectivity index (χ3v) is 7.22. The van der Waals surface area contributed by atoms with Gasteiger partial charge >= 0.3 is 0 Å². The number of aromatic nitrogens is 2. The summed E-state index contributed by atoms with van der Waals surface area (Å²) in [5.41, 5.74) is 2.84. The Balaban J connectivity index is 1.40. The molecule has 6 nitrogen and oxygen atoms in total. The van der Waals surface area contributed by atoms with Gasteiger partial charge in [0.2, 0.25) is 0 Å². The summed E-state index contributed by atoms with van der Waals surface area (Å²) >= 11 is 3.06. The van der Waals surface area contributed by atoms with Crippen molar-refractivity contribution in [2.45, 2.75) is 17.5 Å². The van der Waals surface area contributed by atoms with Crippen LogP contribution < -0.4 is 4.74 Å². The van der Waals surface area contributed by atoms with Gasteiger partial charge in [0.05, 0.1) is 35.0 Å². The number of methoxy groups -OCH3 is 1. The third-order valence-electron chi connectivity index (χ3n) is 5.31. The van der Waals surface area contributed by atoms with E-state index in [4.69, 9.17) is 9.84 Å². The lowest BCUT2D eigenvalue weighted by Crippen LogP contribution is -2.28. The van der Waals surface area contributed by atoms with Crippen LogP contribution in [0.25, 0.3) is 10.9 Å². The second kappa shape index (κ2) is 9.10. The molecule has 0 N–H and O–H groups in total. The molecule has 1 amide bonds. The molecule has 0 spiro atoms. The largest absolute Gasteiger partial charge is 0.497 e. The Morgan fingerprint density at radius 1 is 1.12 bits per heavy atom. The van der Waals surface area contributed by atoms with Crippen molar-refractivity contribution >= 4 is 45.6 Å². The first-order valence-electron chi connectivity index (χ1n) is 10.1. The van der Waals surface area contributed by atoms with Gasteiger partial charge in [0, 0.05) is 11.8 Å². The van der Waals surface area contributed by atoms with E-state index in [0.717, 1.165) is 37.8 Å². The Labute approximate surface area is 194 Å². The van der Waals surface area contributed by atoms with Crippen LogP contribution in [0.4, 0.5) is 0 Å². The Morgan fingerprint density at radius 3 is 2.75 bits per heavy atom. The van der Waals surface area contributed by atoms with Crippen molar-refractivity contribution in [3.63, 3.8) is 0 Å². The second-order valence-corrected chi connectivity index (χ2v) is 9.15. The number of fused-ring (bicyclic) bond motifs is 1. The molecule has 0 aliphatic carbocycles. The molecule has 5 rings (SSSR count). The molecular formula is C24H20N4O2S2. The molecule has 4 aromatic rings. The first-order valence-corrected chi connectivity index (χ1v) is 12.0. The number of thioether (sulfide) groups is 1. The molecule has 2 aromatic heterocycles. The molecule has 0 unspecified atom stereocenters. The molecule has 3 heterocycles. The number of nitrogens with zero attached hydrogens (tertiary/aromatic N) is 4. The zero-order chi connectivity index (χ0) is 21.9. The standard InChI is InChI=1S/C24H20N4O2S2/c1-30-17-10-8-16(9-11-17)21-13-20(22-7-4-12-31-22)27-28(21)23(29)14-32-24-18-5-2-3-6-19(18)25-15-26-24/h2-12,15,21H,13-14H2,1H3/t21-/m0/s1. The van der Waals surface area contributed by atoms with Crippen LogP contribution in [0.1, 0.15) is 22.9 Å². The zero-order valence-corrected chi connectivity index (χ0v) is 19.0. The van der Waals surface area contributed by atoms with Gasteiger partial charge in [-0.2, -0.15) is 5.10 Å². The highest BCUT2D eigenvalue weighted by atomic mass is 32.2. The number of hydrogen-bond donors (Lipinski definition) is 0. The number of carbonyl (C=O) groups is 1. The number of para-hydroxylation sites is 1. The van der Waals surface area contributed by atoms with Gasteiger partial charge in [-0.05, 0) is 35.2 Å². The van der Waals surface area contributed by atoms with E-state index in [-0.39, 0.29) is 17.7 Å². The lowest BCUT2D eigenvalue weighted by atomic mass is 10.0. The smallest absolute Gasteiger partial charge is 0.253 e. The minimum absolute atomic E-state index is 0.0509. The minimum atomic E-state index is -0.145. The topological polar surface area (TPSA) is 67.7 Å². The molecule has 32 heavy (non-hydrogen) atoms. The molecule has 1 aliphatic rings. The van der Waals surface area contributed by atoms with Crippen LogP contribution >= 0.6 is 23.1 Å². The van der Waals surface area contributed by atoms with Crippen molar-refractivity contribution in [3.8, 4) is 5.75 Å². The fourth-order valence-corrected chi connectivity index (χ4v) is 5.27. The number of amides is 1. The van der Waals surface area contributed by atoms with Gasteiger partial charge in [-0.3, -0.25) is 4.79 Å². The van der Waals surface area contributed by atoms with E-state index < -0.39 is 0 Å². The molecule has 0 bridgehead atoms. The molecule has 1 aliphatic heterocycles. The van der Waals surface area contributed by atoms with E-state index in [1.165, 1.54) is 18.1 Å². The van der Waals surface area contributed by atoms with Crippen LogP contribution in [0.5, 0.6) is 5.75 Å². The van der Waals surface area contributed by atoms with E-state index in [9.17, 15) is 4.79 Å². The molecule has 8 heteroatoms. The summed E-state index contributed by atoms with van der Waals surface area (Å²) in [5.74, 6) is 0.981. The predicted octanol–water partition coefficient (Wildman–Crippen LogP) is 5.17. The Kier molecular flexibility index (Phi) is 5.87. The average Bonchev–Trinajstić information content (AvgIpc) is 3.53. The number of thiophene rings is 1. The number of ether oxygens (including phenoxy) is 1. The fraction of sp³-hybridized carbons (Fsp3) is 0.167. The van der Waals surface area contributed by atoms with E-state index in [0.29, 0.717) is 6.42 Å². The van der Waals surface area contributed by atoms with Crippen molar-refractivity contribution in [2.24, 2.45) is 5.10 Å². The SMILES string of the molecule is COc1ccc([C@@H]2CC(c3cccs3)=NN2C(=O)CSc2ncnc3ccccc23)cc1. The molecule has 0 saturated carbocycles. The highest BCUT2D eigenvalue weighted by molar-refractivity contribution is 8.00. The average molecular weight is 461 g/mol. The number of benzene rings is 2. The first-order chi connectivity index (χ1) is 15.7. The molecule has 1 atom stereocenters. The summed E-state index contributed by atoms with van der Waals surface area (Å²) in [4.78, 5) is 23.1. The highest BCUT2D eigenvalue weighted by Gasteiger charge is 2.33. The maximum Gasteiger partial charge on any atom is 0.253 e. The second-order valence-electron chi connectivity index (χ2n) is 7.24. The summed E-state index contributed by atoms with van der Waals surface area (Å²) in [5, 5.41) is 10.1. The Hall–Kier alpha value is -3.23. The van der Waals surface area contributed by atoms with Crippen LogP contribution in [0, 0.1) is 0 Å². The summed E-state index contributed by atoms with van der Waals surface area (Å²) < 4.78 is 5.29. The van der Waals surface area contributed by atoms with Crippen molar-refractivity contribution in [3.05, 3.63) is 82.8 Å². The minimum Gasteiger partial charge on any atom is -0.497 e.